The van der Waals surface area contributed by atoms with Crippen LogP contribution in [0.15, 0.2) is 24.3 Å². The lowest BCUT2D eigenvalue weighted by atomic mass is 9.95. The van der Waals surface area contributed by atoms with Crippen molar-refractivity contribution >= 4 is 0 Å². The number of benzene rings is 1. The first-order valence-corrected chi connectivity index (χ1v) is 7.83. The molecule has 1 aromatic carbocycles. The zero-order valence-corrected chi connectivity index (χ0v) is 13.7. The standard InChI is InChI=1S/C17H29N3O/c1-13(18)17(15-9-5-6-10-16(15)21-4)20(3)14-8-7-11-19(2)12-14/h5-6,9-10,13-14,17H,7-8,11-12,18H2,1-4H3. The average molecular weight is 291 g/mol. The molecule has 0 amide bonds. The highest BCUT2D eigenvalue weighted by Crippen LogP contribution is 2.33. The highest BCUT2D eigenvalue weighted by molar-refractivity contribution is 5.36. The number of nitrogens with zero attached hydrogens (tertiary/aromatic N) is 2. The highest BCUT2D eigenvalue weighted by atomic mass is 16.5. The Hall–Kier alpha value is -1.10. The summed E-state index contributed by atoms with van der Waals surface area (Å²) in [5, 5.41) is 0. The Morgan fingerprint density at radius 2 is 2.10 bits per heavy atom. The summed E-state index contributed by atoms with van der Waals surface area (Å²) in [4.78, 5) is 4.85. The van der Waals surface area contributed by atoms with Gasteiger partial charge in [0.1, 0.15) is 5.75 Å². The van der Waals surface area contributed by atoms with Crippen LogP contribution in [0.2, 0.25) is 0 Å². The highest BCUT2D eigenvalue weighted by Gasteiger charge is 2.30. The summed E-state index contributed by atoms with van der Waals surface area (Å²) in [6, 6.07) is 9.01. The molecule has 0 saturated carbocycles. The molecule has 0 radical (unpaired) electrons. The van der Waals surface area contributed by atoms with Crippen LogP contribution in [0.4, 0.5) is 0 Å². The molecule has 1 aromatic rings. The van der Waals surface area contributed by atoms with E-state index in [9.17, 15) is 0 Å². The maximum absolute atomic E-state index is 6.32. The van der Waals surface area contributed by atoms with E-state index in [1.807, 2.05) is 12.1 Å². The topological polar surface area (TPSA) is 41.7 Å². The number of rotatable bonds is 5. The number of likely N-dealkylation sites (N-methyl/N-ethyl adjacent to an activating group) is 2. The van der Waals surface area contributed by atoms with Gasteiger partial charge in [0.2, 0.25) is 0 Å². The van der Waals surface area contributed by atoms with Crippen LogP contribution < -0.4 is 10.5 Å². The van der Waals surface area contributed by atoms with Crippen LogP contribution in [-0.4, -0.2) is 56.2 Å². The Kier molecular flexibility index (Phi) is 5.62. The molecule has 1 aliphatic heterocycles. The van der Waals surface area contributed by atoms with E-state index in [0.29, 0.717) is 6.04 Å². The van der Waals surface area contributed by atoms with Crippen LogP contribution in [0.1, 0.15) is 31.4 Å². The Labute approximate surface area is 128 Å². The fraction of sp³-hybridized carbons (Fsp3) is 0.647. The molecule has 1 heterocycles. The zero-order valence-electron chi connectivity index (χ0n) is 13.7. The summed E-state index contributed by atoms with van der Waals surface area (Å²) in [6.45, 7) is 4.39. The van der Waals surface area contributed by atoms with Crippen molar-refractivity contribution in [2.24, 2.45) is 5.73 Å². The molecular formula is C17H29N3O. The molecule has 4 nitrogen and oxygen atoms in total. The van der Waals surface area contributed by atoms with Crippen molar-refractivity contribution in [3.8, 4) is 5.75 Å². The summed E-state index contributed by atoms with van der Waals surface area (Å²) in [5.74, 6) is 0.927. The zero-order chi connectivity index (χ0) is 15.4. The first-order valence-electron chi connectivity index (χ1n) is 7.83. The molecule has 4 heteroatoms. The summed E-state index contributed by atoms with van der Waals surface area (Å²) < 4.78 is 5.54. The SMILES string of the molecule is COc1ccccc1C(C(C)N)N(C)C1CCCN(C)C1. The molecular weight excluding hydrogens is 262 g/mol. The summed E-state index contributed by atoms with van der Waals surface area (Å²) in [5.41, 5.74) is 7.51. The van der Waals surface area contributed by atoms with Crippen molar-refractivity contribution in [2.75, 3.05) is 34.3 Å². The van der Waals surface area contributed by atoms with Gasteiger partial charge in [-0.15, -0.1) is 0 Å². The van der Waals surface area contributed by atoms with E-state index in [0.717, 1.165) is 12.3 Å². The number of ether oxygens (including phenoxy) is 1. The van der Waals surface area contributed by atoms with Crippen LogP contribution in [0, 0.1) is 0 Å². The predicted molar refractivity (Wildman–Crippen MR) is 87.7 cm³/mol. The van der Waals surface area contributed by atoms with Gasteiger partial charge in [-0.05, 0) is 46.5 Å². The number of para-hydroxylation sites is 1. The third kappa shape index (κ3) is 3.76. The number of methoxy groups -OCH3 is 1. The molecule has 3 unspecified atom stereocenters. The molecule has 2 rings (SSSR count). The van der Waals surface area contributed by atoms with Gasteiger partial charge in [-0.25, -0.2) is 0 Å². The number of nitrogens with two attached hydrogens (primary N) is 1. The first-order chi connectivity index (χ1) is 10.0. The largest absolute Gasteiger partial charge is 0.496 e. The average Bonchev–Trinajstić information content (AvgIpc) is 2.47. The lowest BCUT2D eigenvalue weighted by molar-refractivity contribution is 0.0881. The Balaban J connectivity index is 2.25. The van der Waals surface area contributed by atoms with Crippen molar-refractivity contribution in [1.29, 1.82) is 0 Å². The molecule has 118 valence electrons. The maximum Gasteiger partial charge on any atom is 0.123 e. The normalized spacial score (nSPS) is 23.0. The van der Waals surface area contributed by atoms with Crippen LogP contribution >= 0.6 is 0 Å². The third-order valence-corrected chi connectivity index (χ3v) is 4.57. The van der Waals surface area contributed by atoms with Crippen molar-refractivity contribution in [2.45, 2.75) is 37.9 Å². The van der Waals surface area contributed by atoms with Gasteiger partial charge in [-0.1, -0.05) is 18.2 Å². The second-order valence-corrected chi connectivity index (χ2v) is 6.27. The number of hydrogen-bond acceptors (Lipinski definition) is 4. The monoisotopic (exact) mass is 291 g/mol. The van der Waals surface area contributed by atoms with E-state index in [-0.39, 0.29) is 12.1 Å². The van der Waals surface area contributed by atoms with Crippen LogP contribution in [-0.2, 0) is 0 Å². The van der Waals surface area contributed by atoms with Gasteiger partial charge in [-0.3, -0.25) is 4.90 Å². The molecule has 0 aliphatic carbocycles. The number of piperidine rings is 1. The van der Waals surface area contributed by atoms with Gasteiger partial charge in [0, 0.05) is 24.2 Å². The van der Waals surface area contributed by atoms with Crippen molar-refractivity contribution in [3.05, 3.63) is 29.8 Å². The summed E-state index contributed by atoms with van der Waals surface area (Å²) in [6.07, 6.45) is 2.49. The lowest BCUT2D eigenvalue weighted by Gasteiger charge is -2.42. The quantitative estimate of drug-likeness (QED) is 0.902. The molecule has 21 heavy (non-hydrogen) atoms. The maximum atomic E-state index is 6.32. The van der Waals surface area contributed by atoms with Crippen molar-refractivity contribution < 1.29 is 4.74 Å². The summed E-state index contributed by atoms with van der Waals surface area (Å²) >= 11 is 0. The molecule has 0 spiro atoms. The van der Waals surface area contributed by atoms with Gasteiger partial charge in [0.25, 0.3) is 0 Å². The van der Waals surface area contributed by atoms with Gasteiger partial charge < -0.3 is 15.4 Å². The first kappa shape index (κ1) is 16.3. The lowest BCUT2D eigenvalue weighted by Crippen LogP contribution is -2.49. The van der Waals surface area contributed by atoms with Crippen molar-refractivity contribution in [1.82, 2.24) is 9.80 Å². The van der Waals surface area contributed by atoms with E-state index in [4.69, 9.17) is 10.5 Å². The Bertz CT molecular complexity index is 449. The van der Waals surface area contributed by atoms with E-state index in [1.54, 1.807) is 7.11 Å². The van der Waals surface area contributed by atoms with E-state index in [1.165, 1.54) is 24.9 Å². The molecule has 1 aliphatic rings. The predicted octanol–water partition coefficient (Wildman–Crippen LogP) is 2.11. The molecule has 2 N–H and O–H groups in total. The van der Waals surface area contributed by atoms with Gasteiger partial charge in [0.05, 0.1) is 13.2 Å². The molecule has 0 bridgehead atoms. The van der Waals surface area contributed by atoms with Gasteiger partial charge in [0.15, 0.2) is 0 Å². The Morgan fingerprint density at radius 3 is 2.71 bits per heavy atom. The molecule has 3 atom stereocenters. The minimum Gasteiger partial charge on any atom is -0.496 e. The second-order valence-electron chi connectivity index (χ2n) is 6.27. The fourth-order valence-electron chi connectivity index (χ4n) is 3.48. The van der Waals surface area contributed by atoms with Crippen LogP contribution in [0.3, 0.4) is 0 Å². The number of hydrogen-bond donors (Lipinski definition) is 1. The third-order valence-electron chi connectivity index (χ3n) is 4.57. The minimum absolute atomic E-state index is 0.0542. The van der Waals surface area contributed by atoms with E-state index in [2.05, 4.69) is 43.0 Å². The number of likely N-dealkylation sites (tertiary alicyclic amines) is 1. The van der Waals surface area contributed by atoms with Crippen LogP contribution in [0.25, 0.3) is 0 Å². The molecule has 0 aromatic heterocycles. The Morgan fingerprint density at radius 1 is 1.38 bits per heavy atom. The van der Waals surface area contributed by atoms with Gasteiger partial charge in [-0.2, -0.15) is 0 Å². The van der Waals surface area contributed by atoms with E-state index >= 15 is 0 Å². The van der Waals surface area contributed by atoms with Gasteiger partial charge >= 0.3 is 0 Å². The van der Waals surface area contributed by atoms with E-state index < -0.39 is 0 Å². The molecule has 1 fully saturated rings. The minimum atomic E-state index is 0.0542. The van der Waals surface area contributed by atoms with Crippen molar-refractivity contribution in [3.63, 3.8) is 0 Å². The summed E-state index contributed by atoms with van der Waals surface area (Å²) in [7, 11) is 6.12. The second kappa shape index (κ2) is 7.25. The smallest absolute Gasteiger partial charge is 0.123 e. The molecule has 1 saturated heterocycles. The fourth-order valence-corrected chi connectivity index (χ4v) is 3.48. The van der Waals surface area contributed by atoms with Crippen LogP contribution in [0.5, 0.6) is 5.75 Å².